The molecule has 0 aliphatic heterocycles. The molecule has 1 aromatic rings. The molecule has 0 saturated heterocycles. The highest BCUT2D eigenvalue weighted by atomic mass is 32.1. The first-order valence-corrected chi connectivity index (χ1v) is 5.96. The first-order valence-electron chi connectivity index (χ1n) is 5.33. The molecular formula is C13H21NS. The molecule has 0 bridgehead atoms. The SMILES string of the molecule is Cc1ccc(C(CS)N(C)C)c(C)c1C. The molecule has 2 heteroatoms. The Labute approximate surface area is 98.9 Å². The molecule has 0 spiro atoms. The number of hydrogen-bond donors (Lipinski definition) is 1. The molecule has 1 rings (SSSR count). The molecule has 0 saturated carbocycles. The Morgan fingerprint density at radius 2 is 1.73 bits per heavy atom. The zero-order valence-corrected chi connectivity index (χ0v) is 11.2. The van der Waals surface area contributed by atoms with Crippen molar-refractivity contribution in [1.29, 1.82) is 0 Å². The van der Waals surface area contributed by atoms with Crippen molar-refractivity contribution < 1.29 is 0 Å². The van der Waals surface area contributed by atoms with Gasteiger partial charge in [0.2, 0.25) is 0 Å². The van der Waals surface area contributed by atoms with E-state index < -0.39 is 0 Å². The first-order chi connectivity index (χ1) is 6.99. The number of aryl methyl sites for hydroxylation is 1. The third-order valence-electron chi connectivity index (χ3n) is 3.26. The highest BCUT2D eigenvalue weighted by molar-refractivity contribution is 7.80. The fraction of sp³-hybridized carbons (Fsp3) is 0.538. The molecule has 0 heterocycles. The minimum Gasteiger partial charge on any atom is -0.302 e. The van der Waals surface area contributed by atoms with Gasteiger partial charge in [-0.05, 0) is 57.1 Å². The monoisotopic (exact) mass is 223 g/mol. The van der Waals surface area contributed by atoms with Crippen molar-refractivity contribution in [2.45, 2.75) is 26.8 Å². The van der Waals surface area contributed by atoms with Crippen molar-refractivity contribution in [1.82, 2.24) is 4.90 Å². The topological polar surface area (TPSA) is 3.24 Å². The van der Waals surface area contributed by atoms with Crippen molar-refractivity contribution in [2.75, 3.05) is 19.8 Å². The standard InChI is InChI=1S/C13H21NS/c1-9-6-7-12(11(3)10(9)2)13(8-15)14(4)5/h6-7,13,15H,8H2,1-5H3. The van der Waals surface area contributed by atoms with Gasteiger partial charge in [-0.15, -0.1) is 0 Å². The van der Waals surface area contributed by atoms with Crippen molar-refractivity contribution in [2.24, 2.45) is 0 Å². The van der Waals surface area contributed by atoms with Crippen LogP contribution in [0.5, 0.6) is 0 Å². The van der Waals surface area contributed by atoms with Crippen LogP contribution in [0.4, 0.5) is 0 Å². The van der Waals surface area contributed by atoms with Crippen LogP contribution in [0.25, 0.3) is 0 Å². The highest BCUT2D eigenvalue weighted by Gasteiger charge is 2.15. The molecule has 0 radical (unpaired) electrons. The third kappa shape index (κ3) is 2.56. The van der Waals surface area contributed by atoms with Gasteiger partial charge in [0.1, 0.15) is 0 Å². The minimum absolute atomic E-state index is 0.410. The number of thiol groups is 1. The fourth-order valence-corrected chi connectivity index (χ4v) is 2.40. The van der Waals surface area contributed by atoms with Crippen LogP contribution in [-0.4, -0.2) is 24.7 Å². The number of nitrogens with zero attached hydrogens (tertiary/aromatic N) is 1. The summed E-state index contributed by atoms with van der Waals surface area (Å²) in [5.74, 6) is 0.857. The summed E-state index contributed by atoms with van der Waals surface area (Å²) in [6.45, 7) is 6.56. The van der Waals surface area contributed by atoms with E-state index in [2.05, 4.69) is 64.5 Å². The van der Waals surface area contributed by atoms with Crippen LogP contribution < -0.4 is 0 Å². The van der Waals surface area contributed by atoms with Gasteiger partial charge in [-0.1, -0.05) is 12.1 Å². The van der Waals surface area contributed by atoms with E-state index in [0.717, 1.165) is 5.75 Å². The summed E-state index contributed by atoms with van der Waals surface area (Å²) in [5, 5.41) is 0. The summed E-state index contributed by atoms with van der Waals surface area (Å²) >= 11 is 4.43. The fourth-order valence-electron chi connectivity index (χ4n) is 1.88. The lowest BCUT2D eigenvalue weighted by molar-refractivity contribution is 0.325. The third-order valence-corrected chi connectivity index (χ3v) is 3.60. The van der Waals surface area contributed by atoms with E-state index in [1.165, 1.54) is 22.3 Å². The molecule has 1 atom stereocenters. The van der Waals surface area contributed by atoms with Crippen molar-refractivity contribution in [3.8, 4) is 0 Å². The Hall–Kier alpha value is -0.470. The molecule has 1 unspecified atom stereocenters. The largest absolute Gasteiger partial charge is 0.302 e. The molecule has 0 aromatic heterocycles. The second-order valence-electron chi connectivity index (χ2n) is 4.38. The van der Waals surface area contributed by atoms with Crippen LogP contribution >= 0.6 is 12.6 Å². The Morgan fingerprint density at radius 3 is 2.20 bits per heavy atom. The number of rotatable bonds is 3. The van der Waals surface area contributed by atoms with Gasteiger partial charge >= 0.3 is 0 Å². The van der Waals surface area contributed by atoms with Gasteiger partial charge in [-0.2, -0.15) is 12.6 Å². The predicted octanol–water partition coefficient (Wildman–Crippen LogP) is 3.14. The van der Waals surface area contributed by atoms with E-state index in [1.54, 1.807) is 0 Å². The molecule has 84 valence electrons. The minimum atomic E-state index is 0.410. The summed E-state index contributed by atoms with van der Waals surface area (Å²) in [7, 11) is 4.21. The van der Waals surface area contributed by atoms with Crippen LogP contribution in [0.3, 0.4) is 0 Å². The second-order valence-corrected chi connectivity index (χ2v) is 4.75. The van der Waals surface area contributed by atoms with E-state index in [-0.39, 0.29) is 0 Å². The predicted molar refractivity (Wildman–Crippen MR) is 70.9 cm³/mol. The van der Waals surface area contributed by atoms with Gasteiger partial charge in [0, 0.05) is 11.8 Å². The summed E-state index contributed by atoms with van der Waals surface area (Å²) in [6.07, 6.45) is 0. The van der Waals surface area contributed by atoms with Crippen LogP contribution in [-0.2, 0) is 0 Å². The van der Waals surface area contributed by atoms with Crippen molar-refractivity contribution >= 4 is 12.6 Å². The Morgan fingerprint density at radius 1 is 1.13 bits per heavy atom. The second kappa shape index (κ2) is 5.04. The van der Waals surface area contributed by atoms with E-state index in [1.807, 2.05) is 0 Å². The maximum Gasteiger partial charge on any atom is 0.0432 e. The summed E-state index contributed by atoms with van der Waals surface area (Å²) in [6, 6.07) is 4.85. The van der Waals surface area contributed by atoms with Crippen LogP contribution in [0, 0.1) is 20.8 Å². The van der Waals surface area contributed by atoms with Gasteiger partial charge in [0.05, 0.1) is 0 Å². The van der Waals surface area contributed by atoms with Gasteiger partial charge in [0.25, 0.3) is 0 Å². The van der Waals surface area contributed by atoms with Gasteiger partial charge in [0.15, 0.2) is 0 Å². The smallest absolute Gasteiger partial charge is 0.0432 e. The lowest BCUT2D eigenvalue weighted by Gasteiger charge is -2.25. The van der Waals surface area contributed by atoms with Gasteiger partial charge < -0.3 is 4.90 Å². The normalized spacial score (nSPS) is 13.3. The number of hydrogen-bond acceptors (Lipinski definition) is 2. The van der Waals surface area contributed by atoms with Crippen molar-refractivity contribution in [3.05, 3.63) is 34.4 Å². The van der Waals surface area contributed by atoms with E-state index >= 15 is 0 Å². The zero-order chi connectivity index (χ0) is 11.6. The van der Waals surface area contributed by atoms with Crippen LogP contribution in [0.1, 0.15) is 28.3 Å². The summed E-state index contributed by atoms with van der Waals surface area (Å²) in [5.41, 5.74) is 5.58. The first kappa shape index (κ1) is 12.6. The molecule has 0 aliphatic carbocycles. The molecule has 15 heavy (non-hydrogen) atoms. The van der Waals surface area contributed by atoms with E-state index in [0.29, 0.717) is 6.04 Å². The molecule has 0 aliphatic rings. The van der Waals surface area contributed by atoms with Crippen molar-refractivity contribution in [3.63, 3.8) is 0 Å². The van der Waals surface area contributed by atoms with Crippen LogP contribution in [0.2, 0.25) is 0 Å². The summed E-state index contributed by atoms with van der Waals surface area (Å²) < 4.78 is 0. The Kier molecular flexibility index (Phi) is 4.23. The number of benzene rings is 1. The quantitative estimate of drug-likeness (QED) is 0.771. The van der Waals surface area contributed by atoms with E-state index in [9.17, 15) is 0 Å². The maximum absolute atomic E-state index is 4.43. The lowest BCUT2D eigenvalue weighted by Crippen LogP contribution is -2.22. The lowest BCUT2D eigenvalue weighted by atomic mass is 9.94. The molecule has 0 fully saturated rings. The maximum atomic E-state index is 4.43. The summed E-state index contributed by atoms with van der Waals surface area (Å²) in [4.78, 5) is 2.23. The molecular weight excluding hydrogens is 202 g/mol. The van der Waals surface area contributed by atoms with E-state index in [4.69, 9.17) is 0 Å². The Balaban J connectivity index is 3.19. The molecule has 1 aromatic carbocycles. The molecule has 0 N–H and O–H groups in total. The van der Waals surface area contributed by atoms with Gasteiger partial charge in [-0.3, -0.25) is 0 Å². The zero-order valence-electron chi connectivity index (χ0n) is 10.3. The highest BCUT2D eigenvalue weighted by Crippen LogP contribution is 2.26. The van der Waals surface area contributed by atoms with Crippen LogP contribution in [0.15, 0.2) is 12.1 Å². The Bertz CT molecular complexity index is 345. The van der Waals surface area contributed by atoms with Gasteiger partial charge in [-0.25, -0.2) is 0 Å². The average Bonchev–Trinajstić information content (AvgIpc) is 2.18. The average molecular weight is 223 g/mol. The molecule has 0 amide bonds. The molecule has 1 nitrogen and oxygen atoms in total.